The van der Waals surface area contributed by atoms with Gasteiger partial charge in [-0.25, -0.2) is 8.78 Å². The highest BCUT2D eigenvalue weighted by Crippen LogP contribution is 2.22. The largest absolute Gasteiger partial charge is 0.338 e. The molecule has 0 radical (unpaired) electrons. The Morgan fingerprint density at radius 1 is 1.30 bits per heavy atom. The van der Waals surface area contributed by atoms with Crippen LogP contribution in [0.25, 0.3) is 0 Å². The second-order valence-electron chi connectivity index (χ2n) is 4.72. The van der Waals surface area contributed by atoms with E-state index in [0.717, 1.165) is 6.07 Å². The van der Waals surface area contributed by atoms with Crippen LogP contribution in [0.5, 0.6) is 0 Å². The minimum Gasteiger partial charge on any atom is -0.338 e. The van der Waals surface area contributed by atoms with E-state index < -0.39 is 11.6 Å². The average Bonchev–Trinajstić information content (AvgIpc) is 2.88. The van der Waals surface area contributed by atoms with Crippen LogP contribution < -0.4 is 0 Å². The normalized spacial score (nSPS) is 12.9. The van der Waals surface area contributed by atoms with Crippen LogP contribution in [0.4, 0.5) is 8.78 Å². The van der Waals surface area contributed by atoms with Crippen LogP contribution in [0, 0.1) is 11.6 Å². The van der Waals surface area contributed by atoms with Crippen molar-refractivity contribution in [2.75, 3.05) is 7.05 Å². The van der Waals surface area contributed by atoms with Gasteiger partial charge in [0.25, 0.3) is 0 Å². The molecule has 0 saturated heterocycles. The zero-order chi connectivity index (χ0) is 14.7. The predicted molar refractivity (Wildman–Crippen MR) is 69.9 cm³/mol. The van der Waals surface area contributed by atoms with Gasteiger partial charge in [-0.1, -0.05) is 18.1 Å². The molecule has 0 N–H and O–H groups in total. The summed E-state index contributed by atoms with van der Waals surface area (Å²) in [7, 11) is 1.86. The van der Waals surface area contributed by atoms with Gasteiger partial charge in [0, 0.05) is 12.5 Å². The lowest BCUT2D eigenvalue weighted by atomic mass is 10.1. The van der Waals surface area contributed by atoms with Gasteiger partial charge >= 0.3 is 0 Å². The maximum Gasteiger partial charge on any atom is 0.240 e. The highest BCUT2D eigenvalue weighted by Gasteiger charge is 2.16. The minimum atomic E-state index is -0.840. The number of rotatable bonds is 5. The predicted octanol–water partition coefficient (Wildman–Crippen LogP) is 3.10. The zero-order valence-electron chi connectivity index (χ0n) is 11.7. The van der Waals surface area contributed by atoms with Crippen molar-refractivity contribution in [2.45, 2.75) is 32.9 Å². The van der Waals surface area contributed by atoms with Crippen molar-refractivity contribution in [1.82, 2.24) is 15.0 Å². The SMILES string of the molecule is CCc1noc(CN(C)C(C)c2ccc(F)c(F)c2)n1. The molecule has 0 aliphatic heterocycles. The number of hydrogen-bond acceptors (Lipinski definition) is 4. The molecule has 6 heteroatoms. The van der Waals surface area contributed by atoms with Crippen LogP contribution in [-0.4, -0.2) is 22.1 Å². The van der Waals surface area contributed by atoms with E-state index in [2.05, 4.69) is 10.1 Å². The number of hydrogen-bond donors (Lipinski definition) is 0. The summed E-state index contributed by atoms with van der Waals surface area (Å²) in [6, 6.07) is 3.82. The van der Waals surface area contributed by atoms with Gasteiger partial charge in [0.1, 0.15) is 0 Å². The van der Waals surface area contributed by atoms with E-state index >= 15 is 0 Å². The molecule has 20 heavy (non-hydrogen) atoms. The molecule has 1 heterocycles. The van der Waals surface area contributed by atoms with E-state index in [-0.39, 0.29) is 6.04 Å². The van der Waals surface area contributed by atoms with Crippen molar-refractivity contribution in [3.8, 4) is 0 Å². The van der Waals surface area contributed by atoms with Crippen LogP contribution in [-0.2, 0) is 13.0 Å². The molecular weight excluding hydrogens is 264 g/mol. The summed E-state index contributed by atoms with van der Waals surface area (Å²) in [6.45, 7) is 4.30. The molecule has 0 aliphatic carbocycles. The van der Waals surface area contributed by atoms with E-state index in [1.54, 1.807) is 6.07 Å². The van der Waals surface area contributed by atoms with Gasteiger partial charge in [0.2, 0.25) is 5.89 Å². The number of halogens is 2. The fourth-order valence-electron chi connectivity index (χ4n) is 1.87. The lowest BCUT2D eigenvalue weighted by molar-refractivity contribution is 0.216. The Hall–Kier alpha value is -1.82. The van der Waals surface area contributed by atoms with E-state index in [0.29, 0.717) is 30.2 Å². The first-order chi connectivity index (χ1) is 9.51. The molecule has 0 aliphatic rings. The summed E-state index contributed by atoms with van der Waals surface area (Å²) in [5.41, 5.74) is 0.696. The van der Waals surface area contributed by atoms with E-state index in [1.165, 1.54) is 6.07 Å². The monoisotopic (exact) mass is 281 g/mol. The van der Waals surface area contributed by atoms with Crippen molar-refractivity contribution in [3.05, 3.63) is 47.1 Å². The zero-order valence-corrected chi connectivity index (χ0v) is 11.7. The van der Waals surface area contributed by atoms with E-state index in [1.807, 2.05) is 25.8 Å². The van der Waals surface area contributed by atoms with E-state index in [9.17, 15) is 8.78 Å². The van der Waals surface area contributed by atoms with Gasteiger partial charge in [0.15, 0.2) is 17.5 Å². The molecule has 1 aromatic heterocycles. The highest BCUT2D eigenvalue weighted by molar-refractivity contribution is 5.20. The van der Waals surface area contributed by atoms with Gasteiger partial charge < -0.3 is 4.52 Å². The molecule has 4 nitrogen and oxygen atoms in total. The Morgan fingerprint density at radius 3 is 2.65 bits per heavy atom. The van der Waals surface area contributed by atoms with Gasteiger partial charge in [0.05, 0.1) is 6.54 Å². The maximum absolute atomic E-state index is 13.2. The summed E-state index contributed by atoms with van der Waals surface area (Å²) in [6.07, 6.45) is 0.714. The molecule has 0 amide bonds. The molecule has 0 fully saturated rings. The van der Waals surface area contributed by atoms with E-state index in [4.69, 9.17) is 4.52 Å². The Bertz CT molecular complexity index is 586. The molecule has 1 unspecified atom stereocenters. The first-order valence-electron chi connectivity index (χ1n) is 6.48. The first-order valence-corrected chi connectivity index (χ1v) is 6.48. The molecule has 108 valence electrons. The Labute approximate surface area is 116 Å². The quantitative estimate of drug-likeness (QED) is 0.844. The lowest BCUT2D eigenvalue weighted by Crippen LogP contribution is -2.22. The standard InChI is InChI=1S/C14H17F2N3O/c1-4-13-17-14(20-18-13)8-19(3)9(2)10-5-6-11(15)12(16)7-10/h5-7,9H,4,8H2,1-3H3. The van der Waals surface area contributed by atoms with Crippen LogP contribution in [0.2, 0.25) is 0 Å². The van der Waals surface area contributed by atoms with Crippen LogP contribution >= 0.6 is 0 Å². The third-order valence-corrected chi connectivity index (χ3v) is 3.30. The number of aromatic nitrogens is 2. The van der Waals surface area contributed by atoms with Crippen molar-refractivity contribution in [1.29, 1.82) is 0 Å². The summed E-state index contributed by atoms with van der Waals surface area (Å²) >= 11 is 0. The third-order valence-electron chi connectivity index (χ3n) is 3.30. The van der Waals surface area contributed by atoms with Crippen LogP contribution in [0.1, 0.15) is 37.2 Å². The number of aryl methyl sites for hydroxylation is 1. The Balaban J connectivity index is 2.07. The second-order valence-corrected chi connectivity index (χ2v) is 4.72. The Morgan fingerprint density at radius 2 is 2.05 bits per heavy atom. The van der Waals surface area contributed by atoms with Crippen LogP contribution in [0.3, 0.4) is 0 Å². The Kier molecular flexibility index (Phi) is 4.44. The fourth-order valence-corrected chi connectivity index (χ4v) is 1.87. The van der Waals surface area contributed by atoms with Crippen molar-refractivity contribution < 1.29 is 13.3 Å². The van der Waals surface area contributed by atoms with Gasteiger partial charge in [-0.05, 0) is 31.7 Å². The van der Waals surface area contributed by atoms with Crippen molar-refractivity contribution in [2.24, 2.45) is 0 Å². The molecular formula is C14H17F2N3O. The average molecular weight is 281 g/mol. The summed E-state index contributed by atoms with van der Waals surface area (Å²) < 4.78 is 31.3. The maximum atomic E-state index is 13.2. The van der Waals surface area contributed by atoms with Crippen molar-refractivity contribution >= 4 is 0 Å². The smallest absolute Gasteiger partial charge is 0.240 e. The molecule has 0 spiro atoms. The highest BCUT2D eigenvalue weighted by atomic mass is 19.2. The van der Waals surface area contributed by atoms with Gasteiger partial charge in [-0.3, -0.25) is 4.90 Å². The first kappa shape index (κ1) is 14.6. The molecule has 0 saturated carbocycles. The summed E-state index contributed by atoms with van der Waals surface area (Å²) in [4.78, 5) is 6.15. The van der Waals surface area contributed by atoms with Crippen LogP contribution in [0.15, 0.2) is 22.7 Å². The summed E-state index contributed by atoms with van der Waals surface area (Å²) in [5.74, 6) is -0.505. The van der Waals surface area contributed by atoms with Gasteiger partial charge in [-0.2, -0.15) is 4.98 Å². The molecule has 2 rings (SSSR count). The molecule has 1 atom stereocenters. The molecule has 2 aromatic rings. The fraction of sp³-hybridized carbons (Fsp3) is 0.429. The molecule has 1 aromatic carbocycles. The third kappa shape index (κ3) is 3.19. The molecule has 0 bridgehead atoms. The summed E-state index contributed by atoms with van der Waals surface area (Å²) in [5, 5.41) is 3.82. The number of benzene rings is 1. The minimum absolute atomic E-state index is 0.0953. The number of nitrogens with zero attached hydrogens (tertiary/aromatic N) is 3. The van der Waals surface area contributed by atoms with Crippen molar-refractivity contribution in [3.63, 3.8) is 0 Å². The lowest BCUT2D eigenvalue weighted by Gasteiger charge is -2.23. The topological polar surface area (TPSA) is 42.2 Å². The second kappa shape index (κ2) is 6.09. The van der Waals surface area contributed by atoms with Gasteiger partial charge in [-0.15, -0.1) is 0 Å².